The summed E-state index contributed by atoms with van der Waals surface area (Å²) in [4.78, 5) is 36.6. The highest BCUT2D eigenvalue weighted by Gasteiger charge is 2.26. The van der Waals surface area contributed by atoms with E-state index < -0.39 is 41.4 Å². The molecule has 3 amide bonds. The van der Waals surface area contributed by atoms with Crippen molar-refractivity contribution in [3.8, 4) is 0 Å². The minimum absolute atomic E-state index is 0.0724. The summed E-state index contributed by atoms with van der Waals surface area (Å²) in [6.07, 6.45) is 0. The van der Waals surface area contributed by atoms with E-state index in [2.05, 4.69) is 16.0 Å². The molecule has 6 nitrogen and oxygen atoms in total. The van der Waals surface area contributed by atoms with Gasteiger partial charge in [0.05, 0.1) is 0 Å². The average Bonchev–Trinajstić information content (AvgIpc) is 2.68. The Bertz CT molecular complexity index is 843. The molecule has 8 heteroatoms. The second-order valence-corrected chi connectivity index (χ2v) is 5.79. The lowest BCUT2D eigenvalue weighted by molar-refractivity contribution is -0.129. The molecular formula is C19H19F2N3O3. The molecule has 2 aromatic carbocycles. The summed E-state index contributed by atoms with van der Waals surface area (Å²) in [6, 6.07) is 9.01. The molecule has 2 atom stereocenters. The van der Waals surface area contributed by atoms with Crippen LogP contribution in [-0.2, 0) is 9.59 Å². The van der Waals surface area contributed by atoms with Gasteiger partial charge in [0.15, 0.2) is 11.6 Å². The molecule has 2 unspecified atom stereocenters. The Morgan fingerprint density at radius 2 is 1.56 bits per heavy atom. The average molecular weight is 375 g/mol. The molecule has 2 aromatic rings. The van der Waals surface area contributed by atoms with Crippen molar-refractivity contribution < 1.29 is 23.2 Å². The maximum atomic E-state index is 13.5. The smallest absolute Gasteiger partial charge is 0.251 e. The van der Waals surface area contributed by atoms with E-state index in [-0.39, 0.29) is 5.56 Å². The van der Waals surface area contributed by atoms with E-state index in [4.69, 9.17) is 0 Å². The fourth-order valence-corrected chi connectivity index (χ4v) is 2.34. The van der Waals surface area contributed by atoms with Crippen molar-refractivity contribution in [2.24, 2.45) is 0 Å². The number of amides is 3. The Labute approximate surface area is 155 Å². The lowest BCUT2D eigenvalue weighted by Gasteiger charge is -2.21. The standard InChI is InChI=1S/C19H19F2N3O3/c1-11(23-18(26)12-6-4-3-5-7-12)17(25)24-16(19(27)22-2)13-8-9-14(20)15(21)10-13/h3-11,16H,1-2H3,(H,22,27)(H,23,26)(H,24,25). The van der Waals surface area contributed by atoms with Crippen LogP contribution in [0, 0.1) is 11.6 Å². The summed E-state index contributed by atoms with van der Waals surface area (Å²) >= 11 is 0. The van der Waals surface area contributed by atoms with Gasteiger partial charge in [0, 0.05) is 12.6 Å². The fourth-order valence-electron chi connectivity index (χ4n) is 2.34. The van der Waals surface area contributed by atoms with E-state index in [0.29, 0.717) is 5.56 Å². The summed E-state index contributed by atoms with van der Waals surface area (Å²) < 4.78 is 26.6. The highest BCUT2D eigenvalue weighted by molar-refractivity contribution is 5.98. The van der Waals surface area contributed by atoms with Gasteiger partial charge in [-0.1, -0.05) is 24.3 Å². The molecule has 3 N–H and O–H groups in total. The molecular weight excluding hydrogens is 356 g/mol. The Kier molecular flexibility index (Phi) is 6.59. The first-order chi connectivity index (χ1) is 12.8. The second kappa shape index (κ2) is 8.88. The maximum absolute atomic E-state index is 13.5. The Hall–Kier alpha value is -3.29. The normalized spacial score (nSPS) is 12.6. The van der Waals surface area contributed by atoms with Crippen molar-refractivity contribution in [2.75, 3.05) is 7.05 Å². The number of carbonyl (C=O) groups is 3. The molecule has 0 saturated heterocycles. The van der Waals surface area contributed by atoms with Gasteiger partial charge in [0.2, 0.25) is 11.8 Å². The molecule has 0 radical (unpaired) electrons. The van der Waals surface area contributed by atoms with Gasteiger partial charge >= 0.3 is 0 Å². The van der Waals surface area contributed by atoms with Crippen LogP contribution in [-0.4, -0.2) is 30.8 Å². The first-order valence-electron chi connectivity index (χ1n) is 8.16. The molecule has 0 heterocycles. The number of rotatable bonds is 6. The van der Waals surface area contributed by atoms with Crippen molar-refractivity contribution in [1.29, 1.82) is 0 Å². The highest BCUT2D eigenvalue weighted by Crippen LogP contribution is 2.17. The van der Waals surface area contributed by atoms with E-state index in [1.54, 1.807) is 30.3 Å². The van der Waals surface area contributed by atoms with E-state index in [0.717, 1.165) is 12.1 Å². The molecule has 0 spiro atoms. The quantitative estimate of drug-likeness (QED) is 0.718. The molecule has 0 aromatic heterocycles. The van der Waals surface area contributed by atoms with Crippen LogP contribution >= 0.6 is 0 Å². The maximum Gasteiger partial charge on any atom is 0.251 e. The predicted octanol–water partition coefficient (Wildman–Crippen LogP) is 1.69. The zero-order valence-corrected chi connectivity index (χ0v) is 14.8. The minimum Gasteiger partial charge on any atom is -0.357 e. The van der Waals surface area contributed by atoms with Gasteiger partial charge in [-0.3, -0.25) is 14.4 Å². The van der Waals surface area contributed by atoms with Gasteiger partial charge in [0.25, 0.3) is 5.91 Å². The van der Waals surface area contributed by atoms with Gasteiger partial charge in [-0.05, 0) is 36.8 Å². The molecule has 2 rings (SSSR count). The fraction of sp³-hybridized carbons (Fsp3) is 0.211. The van der Waals surface area contributed by atoms with Crippen LogP contribution in [0.15, 0.2) is 48.5 Å². The Balaban J connectivity index is 2.12. The molecule has 142 valence electrons. The van der Waals surface area contributed by atoms with Crippen LogP contribution in [0.25, 0.3) is 0 Å². The summed E-state index contributed by atoms with van der Waals surface area (Å²) in [5.74, 6) is -3.93. The van der Waals surface area contributed by atoms with Crippen LogP contribution in [0.5, 0.6) is 0 Å². The predicted molar refractivity (Wildman–Crippen MR) is 94.7 cm³/mol. The van der Waals surface area contributed by atoms with Crippen LogP contribution in [0.4, 0.5) is 8.78 Å². The number of hydrogen-bond donors (Lipinski definition) is 3. The van der Waals surface area contributed by atoms with E-state index in [9.17, 15) is 23.2 Å². The van der Waals surface area contributed by atoms with Gasteiger partial charge < -0.3 is 16.0 Å². The molecule has 0 saturated carbocycles. The monoisotopic (exact) mass is 375 g/mol. The molecule has 0 bridgehead atoms. The summed E-state index contributed by atoms with van der Waals surface area (Å²) in [5, 5.41) is 7.30. The van der Waals surface area contributed by atoms with Gasteiger partial charge in [-0.15, -0.1) is 0 Å². The summed E-state index contributed by atoms with van der Waals surface area (Å²) in [7, 11) is 1.35. The van der Waals surface area contributed by atoms with Crippen LogP contribution in [0.2, 0.25) is 0 Å². The van der Waals surface area contributed by atoms with E-state index in [1.807, 2.05) is 0 Å². The van der Waals surface area contributed by atoms with Crippen LogP contribution in [0.1, 0.15) is 28.9 Å². The molecule has 0 aliphatic heterocycles. The largest absolute Gasteiger partial charge is 0.357 e. The Morgan fingerprint density at radius 1 is 0.889 bits per heavy atom. The lowest BCUT2D eigenvalue weighted by Crippen LogP contribution is -2.48. The third-order valence-corrected chi connectivity index (χ3v) is 3.85. The van der Waals surface area contributed by atoms with Crippen LogP contribution < -0.4 is 16.0 Å². The van der Waals surface area contributed by atoms with Crippen molar-refractivity contribution in [3.05, 3.63) is 71.3 Å². The first-order valence-corrected chi connectivity index (χ1v) is 8.16. The highest BCUT2D eigenvalue weighted by atomic mass is 19.2. The van der Waals surface area contributed by atoms with E-state index in [1.165, 1.54) is 20.0 Å². The van der Waals surface area contributed by atoms with Crippen LogP contribution in [0.3, 0.4) is 0 Å². The zero-order chi connectivity index (χ0) is 20.0. The number of benzene rings is 2. The van der Waals surface area contributed by atoms with Crippen molar-refractivity contribution in [1.82, 2.24) is 16.0 Å². The van der Waals surface area contributed by atoms with Gasteiger partial charge in [-0.2, -0.15) is 0 Å². The minimum atomic E-state index is -1.24. The van der Waals surface area contributed by atoms with Crippen molar-refractivity contribution in [3.63, 3.8) is 0 Å². The number of nitrogens with one attached hydrogen (secondary N) is 3. The number of likely N-dealkylation sites (N-methyl/N-ethyl adjacent to an activating group) is 1. The van der Waals surface area contributed by atoms with Crippen molar-refractivity contribution >= 4 is 17.7 Å². The van der Waals surface area contributed by atoms with Gasteiger partial charge in [0.1, 0.15) is 12.1 Å². The third kappa shape index (κ3) is 5.10. The zero-order valence-electron chi connectivity index (χ0n) is 14.8. The molecule has 0 fully saturated rings. The molecule has 0 aliphatic rings. The Morgan fingerprint density at radius 3 is 2.15 bits per heavy atom. The lowest BCUT2D eigenvalue weighted by atomic mass is 10.1. The number of hydrogen-bond acceptors (Lipinski definition) is 3. The third-order valence-electron chi connectivity index (χ3n) is 3.85. The summed E-state index contributed by atoms with van der Waals surface area (Å²) in [5.41, 5.74) is 0.448. The molecule has 0 aliphatic carbocycles. The van der Waals surface area contributed by atoms with Gasteiger partial charge in [-0.25, -0.2) is 8.78 Å². The number of carbonyl (C=O) groups excluding carboxylic acids is 3. The van der Waals surface area contributed by atoms with E-state index >= 15 is 0 Å². The first kappa shape index (κ1) is 20.0. The molecule has 27 heavy (non-hydrogen) atoms. The second-order valence-electron chi connectivity index (χ2n) is 5.79. The van der Waals surface area contributed by atoms with Crippen molar-refractivity contribution in [2.45, 2.75) is 19.0 Å². The number of halogens is 2. The SMILES string of the molecule is CNC(=O)C(NC(=O)C(C)NC(=O)c1ccccc1)c1ccc(F)c(F)c1. The summed E-state index contributed by atoms with van der Waals surface area (Å²) in [6.45, 7) is 1.45. The topological polar surface area (TPSA) is 87.3 Å².